The van der Waals surface area contributed by atoms with Crippen molar-refractivity contribution in [2.45, 2.75) is 50.5 Å². The van der Waals surface area contributed by atoms with Crippen molar-refractivity contribution in [3.05, 3.63) is 65.7 Å². The van der Waals surface area contributed by atoms with E-state index in [1.54, 1.807) is 7.11 Å². The van der Waals surface area contributed by atoms with Crippen molar-refractivity contribution in [3.8, 4) is 5.75 Å². The van der Waals surface area contributed by atoms with E-state index in [4.69, 9.17) is 4.74 Å². The summed E-state index contributed by atoms with van der Waals surface area (Å²) < 4.78 is 5.33. The third-order valence-corrected chi connectivity index (χ3v) is 5.92. The second kappa shape index (κ2) is 9.38. The van der Waals surface area contributed by atoms with E-state index in [1.807, 2.05) is 24.3 Å². The van der Waals surface area contributed by atoms with E-state index in [1.165, 1.54) is 18.4 Å². The van der Waals surface area contributed by atoms with Gasteiger partial charge in [0, 0.05) is 12.5 Å². The molecule has 3 rings (SSSR count). The predicted molar refractivity (Wildman–Crippen MR) is 111 cm³/mol. The normalized spacial score (nSPS) is 18.2. The van der Waals surface area contributed by atoms with Gasteiger partial charge in [-0.25, -0.2) is 0 Å². The van der Waals surface area contributed by atoms with Crippen LogP contribution in [0.3, 0.4) is 0 Å². The fourth-order valence-corrected chi connectivity index (χ4v) is 4.29. The van der Waals surface area contributed by atoms with E-state index in [-0.39, 0.29) is 5.92 Å². The van der Waals surface area contributed by atoms with E-state index < -0.39 is 5.60 Å². The number of nitrogens with zero attached hydrogens (tertiary/aromatic N) is 1. The molecule has 1 aliphatic heterocycles. The quantitative estimate of drug-likeness (QED) is 0.680. The van der Waals surface area contributed by atoms with Crippen LogP contribution in [0.25, 0.3) is 0 Å². The van der Waals surface area contributed by atoms with Gasteiger partial charge in [0.1, 0.15) is 5.75 Å². The Labute approximate surface area is 164 Å². The molecule has 0 radical (unpaired) electrons. The molecule has 27 heavy (non-hydrogen) atoms. The molecule has 2 aromatic carbocycles. The Kier molecular flexibility index (Phi) is 6.92. The lowest BCUT2D eigenvalue weighted by Crippen LogP contribution is -2.40. The summed E-state index contributed by atoms with van der Waals surface area (Å²) in [6.07, 6.45) is 5.37. The van der Waals surface area contributed by atoms with Crippen molar-refractivity contribution in [1.82, 2.24) is 4.90 Å². The number of unbranched alkanes of at least 4 members (excludes halogenated alkanes) is 1. The summed E-state index contributed by atoms with van der Waals surface area (Å²) in [4.78, 5) is 2.51. The monoisotopic (exact) mass is 367 g/mol. The number of likely N-dealkylation sites (tertiary alicyclic amines) is 1. The van der Waals surface area contributed by atoms with Crippen molar-refractivity contribution in [2.24, 2.45) is 0 Å². The maximum atomic E-state index is 12.1. The number of ether oxygens (including phenoxy) is 1. The molecule has 0 aliphatic carbocycles. The number of hydrogen-bond donors (Lipinski definition) is 1. The summed E-state index contributed by atoms with van der Waals surface area (Å²) in [6, 6.07) is 18.6. The summed E-state index contributed by atoms with van der Waals surface area (Å²) in [7, 11) is 1.68. The molecule has 1 heterocycles. The average molecular weight is 368 g/mol. The highest BCUT2D eigenvalue weighted by molar-refractivity contribution is 5.35. The molecule has 2 atom stereocenters. The van der Waals surface area contributed by atoms with E-state index in [0.717, 1.165) is 50.2 Å². The first-order valence-corrected chi connectivity index (χ1v) is 10.3. The maximum Gasteiger partial charge on any atom is 0.118 e. The van der Waals surface area contributed by atoms with Crippen molar-refractivity contribution < 1.29 is 9.84 Å². The zero-order valence-electron chi connectivity index (χ0n) is 16.7. The Balaban J connectivity index is 1.99. The maximum absolute atomic E-state index is 12.1. The average Bonchev–Trinajstić information content (AvgIpc) is 3.24. The fraction of sp³-hybridized carbons (Fsp3) is 0.500. The zero-order chi connectivity index (χ0) is 19.1. The minimum atomic E-state index is -0.883. The smallest absolute Gasteiger partial charge is 0.118 e. The Morgan fingerprint density at radius 3 is 2.30 bits per heavy atom. The molecule has 0 bridgehead atoms. The molecule has 1 saturated heterocycles. The molecule has 3 nitrogen and oxygen atoms in total. The molecule has 0 saturated carbocycles. The first-order valence-electron chi connectivity index (χ1n) is 10.3. The number of rotatable bonds is 9. The van der Waals surface area contributed by atoms with E-state index in [9.17, 15) is 5.11 Å². The van der Waals surface area contributed by atoms with Crippen LogP contribution in [0.5, 0.6) is 5.75 Å². The van der Waals surface area contributed by atoms with Crippen LogP contribution >= 0.6 is 0 Å². The van der Waals surface area contributed by atoms with E-state index >= 15 is 0 Å². The minimum Gasteiger partial charge on any atom is -0.497 e. The highest BCUT2D eigenvalue weighted by atomic mass is 16.5. The van der Waals surface area contributed by atoms with Crippen LogP contribution in [-0.2, 0) is 5.60 Å². The van der Waals surface area contributed by atoms with Gasteiger partial charge in [-0.05, 0) is 55.6 Å². The van der Waals surface area contributed by atoms with Crippen LogP contribution in [-0.4, -0.2) is 36.8 Å². The van der Waals surface area contributed by atoms with Gasteiger partial charge in [0.25, 0.3) is 0 Å². The summed E-state index contributed by atoms with van der Waals surface area (Å²) in [6.45, 7) is 5.36. The number of aliphatic hydroxyl groups is 1. The van der Waals surface area contributed by atoms with Gasteiger partial charge in [0.2, 0.25) is 0 Å². The van der Waals surface area contributed by atoms with Crippen LogP contribution < -0.4 is 4.74 Å². The topological polar surface area (TPSA) is 32.7 Å². The molecule has 0 amide bonds. The molecule has 0 unspecified atom stereocenters. The van der Waals surface area contributed by atoms with Crippen molar-refractivity contribution in [2.75, 3.05) is 26.7 Å². The van der Waals surface area contributed by atoms with Crippen LogP contribution in [0.4, 0.5) is 0 Å². The number of benzene rings is 2. The van der Waals surface area contributed by atoms with Gasteiger partial charge in [0.05, 0.1) is 12.7 Å². The molecule has 0 aromatic heterocycles. The lowest BCUT2D eigenvalue weighted by atomic mass is 9.74. The first kappa shape index (κ1) is 19.9. The molecule has 1 aliphatic rings. The molecule has 1 fully saturated rings. The van der Waals surface area contributed by atoms with Gasteiger partial charge in [-0.15, -0.1) is 0 Å². The highest BCUT2D eigenvalue weighted by Gasteiger charge is 2.40. The van der Waals surface area contributed by atoms with Gasteiger partial charge in [-0.3, -0.25) is 0 Å². The Bertz CT molecular complexity index is 679. The summed E-state index contributed by atoms with van der Waals surface area (Å²) in [5.41, 5.74) is 1.33. The van der Waals surface area contributed by atoms with Crippen molar-refractivity contribution in [3.63, 3.8) is 0 Å². The Morgan fingerprint density at radius 1 is 1.04 bits per heavy atom. The van der Waals surface area contributed by atoms with Crippen molar-refractivity contribution in [1.29, 1.82) is 0 Å². The standard InChI is InChI=1S/C24H33NO2/c1-3-4-16-24(26,21-12-14-22(27-2)15-13-21)23(19-25-17-8-9-18-25)20-10-6-5-7-11-20/h5-7,10-15,23,26H,3-4,8-9,16-19H2,1-2H3/t23-,24-/m0/s1. The zero-order valence-corrected chi connectivity index (χ0v) is 16.7. The van der Waals surface area contributed by atoms with Gasteiger partial charge in [-0.1, -0.05) is 62.2 Å². The summed E-state index contributed by atoms with van der Waals surface area (Å²) in [5.74, 6) is 0.879. The Hall–Kier alpha value is -1.84. The largest absolute Gasteiger partial charge is 0.497 e. The number of methoxy groups -OCH3 is 1. The lowest BCUT2D eigenvalue weighted by molar-refractivity contribution is -0.0130. The SMILES string of the molecule is CCCC[C@](O)(c1ccc(OC)cc1)[C@@H](CN1CCCC1)c1ccccc1. The second-order valence-corrected chi connectivity index (χ2v) is 7.73. The van der Waals surface area contributed by atoms with Crippen LogP contribution in [0.1, 0.15) is 56.1 Å². The number of hydrogen-bond acceptors (Lipinski definition) is 3. The summed E-state index contributed by atoms with van der Waals surface area (Å²) in [5, 5.41) is 12.1. The van der Waals surface area contributed by atoms with E-state index in [2.05, 4.69) is 42.2 Å². The highest BCUT2D eigenvalue weighted by Crippen LogP contribution is 2.42. The minimum absolute atomic E-state index is 0.0525. The van der Waals surface area contributed by atoms with Gasteiger partial charge >= 0.3 is 0 Å². The predicted octanol–water partition coefficient (Wildman–Crippen LogP) is 4.95. The van der Waals surface area contributed by atoms with Gasteiger partial charge in [-0.2, -0.15) is 0 Å². The van der Waals surface area contributed by atoms with Gasteiger partial charge < -0.3 is 14.7 Å². The van der Waals surface area contributed by atoms with Crippen LogP contribution in [0.2, 0.25) is 0 Å². The van der Waals surface area contributed by atoms with Crippen LogP contribution in [0, 0.1) is 0 Å². The molecule has 2 aromatic rings. The third kappa shape index (κ3) is 4.72. The van der Waals surface area contributed by atoms with Crippen molar-refractivity contribution >= 4 is 0 Å². The molecule has 1 N–H and O–H groups in total. The first-order chi connectivity index (χ1) is 13.2. The summed E-state index contributed by atoms with van der Waals surface area (Å²) >= 11 is 0. The molecular weight excluding hydrogens is 334 g/mol. The second-order valence-electron chi connectivity index (χ2n) is 7.73. The molecular formula is C24H33NO2. The van der Waals surface area contributed by atoms with Crippen LogP contribution in [0.15, 0.2) is 54.6 Å². The van der Waals surface area contributed by atoms with Gasteiger partial charge in [0.15, 0.2) is 0 Å². The molecule has 3 heteroatoms. The molecule has 146 valence electrons. The third-order valence-electron chi connectivity index (χ3n) is 5.92. The molecule has 0 spiro atoms. The van der Waals surface area contributed by atoms with E-state index in [0.29, 0.717) is 0 Å². The Morgan fingerprint density at radius 2 is 1.70 bits per heavy atom. The fourth-order valence-electron chi connectivity index (χ4n) is 4.29. The lowest BCUT2D eigenvalue weighted by Gasteiger charge is -2.39.